The summed E-state index contributed by atoms with van der Waals surface area (Å²) in [6.45, 7) is 0. The summed E-state index contributed by atoms with van der Waals surface area (Å²) in [5, 5.41) is 8.03. The number of thioether (sulfide) groups is 1. The Morgan fingerprint density at radius 1 is 0.452 bits per heavy atom. The second-order valence-electron chi connectivity index (χ2n) is 16.8. The monoisotopic (exact) mass is 811 g/mol. The Labute approximate surface area is 364 Å². The van der Waals surface area contributed by atoms with Crippen molar-refractivity contribution in [2.75, 3.05) is 4.90 Å². The second kappa shape index (κ2) is 14.2. The molecule has 1 aliphatic heterocycles. The van der Waals surface area contributed by atoms with Crippen LogP contribution in [-0.4, -0.2) is 14.4 Å². The van der Waals surface area contributed by atoms with E-state index < -0.39 is 0 Å². The topological polar surface area (TPSA) is 13.1 Å². The van der Waals surface area contributed by atoms with Crippen molar-refractivity contribution in [1.82, 2.24) is 9.13 Å². The molecule has 0 amide bonds. The number of allylic oxidation sites excluding steroid dienone is 2. The minimum Gasteiger partial charge on any atom is -0.310 e. The molecular formula is C58H41N3S. The maximum absolute atomic E-state index is 2.52. The van der Waals surface area contributed by atoms with Crippen LogP contribution in [0.25, 0.3) is 76.9 Å². The first-order chi connectivity index (χ1) is 30.7. The predicted molar refractivity (Wildman–Crippen MR) is 264 cm³/mol. The fraction of sp³-hybridized carbons (Fsp3) is 0.0690. The first-order valence-corrected chi connectivity index (χ1v) is 22.6. The van der Waals surface area contributed by atoms with Gasteiger partial charge < -0.3 is 14.0 Å². The van der Waals surface area contributed by atoms with Crippen LogP contribution in [-0.2, 0) is 0 Å². The van der Waals surface area contributed by atoms with Crippen molar-refractivity contribution >= 4 is 83.2 Å². The van der Waals surface area contributed by atoms with Gasteiger partial charge >= 0.3 is 0 Å². The SMILES string of the molecule is C1=CC2c3cc(N(c4cc(-c5ccc6c(c5)c5ccccc5n6-c5ccccc5)cc(-n5c6ccccc6c6ccccc65)c4)c4cccc5ccccc45)ccc3SC2CC1. The molecule has 0 N–H and O–H groups in total. The van der Waals surface area contributed by atoms with Crippen molar-refractivity contribution in [1.29, 1.82) is 0 Å². The van der Waals surface area contributed by atoms with Crippen LogP contribution in [0.3, 0.4) is 0 Å². The zero-order valence-corrected chi connectivity index (χ0v) is 34.8. The molecule has 0 saturated heterocycles. The molecule has 294 valence electrons. The van der Waals surface area contributed by atoms with Crippen molar-refractivity contribution in [2.45, 2.75) is 28.9 Å². The van der Waals surface area contributed by atoms with Gasteiger partial charge in [0.1, 0.15) is 0 Å². The van der Waals surface area contributed by atoms with E-state index in [0.717, 1.165) is 34.7 Å². The molecule has 11 aromatic rings. The van der Waals surface area contributed by atoms with Gasteiger partial charge in [-0.15, -0.1) is 11.8 Å². The van der Waals surface area contributed by atoms with Gasteiger partial charge in [-0.1, -0.05) is 127 Å². The van der Waals surface area contributed by atoms with Gasteiger partial charge in [-0.3, -0.25) is 0 Å². The fourth-order valence-corrected chi connectivity index (χ4v) is 11.9. The fourth-order valence-electron chi connectivity index (χ4n) is 10.5. The summed E-state index contributed by atoms with van der Waals surface area (Å²) in [6.07, 6.45) is 7.24. The molecule has 9 aromatic carbocycles. The molecule has 1 aliphatic carbocycles. The maximum Gasteiger partial charge on any atom is 0.0541 e. The van der Waals surface area contributed by atoms with E-state index in [4.69, 9.17) is 0 Å². The molecule has 0 saturated carbocycles. The van der Waals surface area contributed by atoms with E-state index in [0.29, 0.717) is 11.2 Å². The summed E-state index contributed by atoms with van der Waals surface area (Å²) >= 11 is 2.06. The highest BCUT2D eigenvalue weighted by Gasteiger charge is 2.33. The van der Waals surface area contributed by atoms with Gasteiger partial charge in [-0.25, -0.2) is 0 Å². The molecule has 2 aliphatic rings. The molecule has 62 heavy (non-hydrogen) atoms. The molecule has 4 heteroatoms. The number of nitrogens with zero attached hydrogens (tertiary/aromatic N) is 3. The summed E-state index contributed by atoms with van der Waals surface area (Å²) in [6, 6.07) is 74.3. The van der Waals surface area contributed by atoms with Crippen LogP contribution in [0, 0.1) is 0 Å². The Bertz CT molecular complexity index is 3530. The minimum atomic E-state index is 0.433. The maximum atomic E-state index is 2.52. The molecule has 0 radical (unpaired) electrons. The first-order valence-electron chi connectivity index (χ1n) is 21.7. The molecular weight excluding hydrogens is 771 g/mol. The molecule has 3 heterocycles. The van der Waals surface area contributed by atoms with Gasteiger partial charge in [0, 0.05) is 65.7 Å². The number of fused-ring (bicyclic) bond motifs is 10. The number of anilines is 3. The lowest BCUT2D eigenvalue weighted by atomic mass is 9.89. The first kappa shape index (κ1) is 35.5. The van der Waals surface area contributed by atoms with Crippen LogP contribution in [0.1, 0.15) is 24.3 Å². The van der Waals surface area contributed by atoms with Gasteiger partial charge in [-0.2, -0.15) is 0 Å². The lowest BCUT2D eigenvalue weighted by Gasteiger charge is -2.29. The average Bonchev–Trinajstić information content (AvgIpc) is 3.99. The van der Waals surface area contributed by atoms with Crippen LogP contribution in [0.5, 0.6) is 0 Å². The van der Waals surface area contributed by atoms with Gasteiger partial charge in [0.2, 0.25) is 0 Å². The van der Waals surface area contributed by atoms with Crippen LogP contribution < -0.4 is 4.90 Å². The Kier molecular flexibility index (Phi) is 8.10. The molecule has 2 atom stereocenters. The van der Waals surface area contributed by atoms with E-state index >= 15 is 0 Å². The lowest BCUT2D eigenvalue weighted by Crippen LogP contribution is -2.13. The van der Waals surface area contributed by atoms with Crippen molar-refractivity contribution in [3.8, 4) is 22.5 Å². The van der Waals surface area contributed by atoms with Gasteiger partial charge in [-0.05, 0) is 120 Å². The van der Waals surface area contributed by atoms with E-state index in [9.17, 15) is 0 Å². The molecule has 2 aromatic heterocycles. The molecule has 3 nitrogen and oxygen atoms in total. The summed E-state index contributed by atoms with van der Waals surface area (Å²) in [5.41, 5.74) is 14.3. The number of para-hydroxylation sites is 4. The quantitative estimate of drug-likeness (QED) is 0.155. The molecule has 13 rings (SSSR count). The molecule has 2 unspecified atom stereocenters. The normalized spacial score (nSPS) is 15.8. The smallest absolute Gasteiger partial charge is 0.0541 e. The summed E-state index contributed by atoms with van der Waals surface area (Å²) < 4.78 is 4.87. The van der Waals surface area contributed by atoms with Crippen LogP contribution >= 0.6 is 11.8 Å². The van der Waals surface area contributed by atoms with E-state index in [-0.39, 0.29) is 0 Å². The van der Waals surface area contributed by atoms with Crippen LogP contribution in [0.15, 0.2) is 217 Å². The Morgan fingerprint density at radius 2 is 1.10 bits per heavy atom. The standard InChI is InChI=1S/C58H41N3S/c1-2-17-41(18-3-1)60-55-26-12-8-22-48(55)50-35-39(29-31-56(50)60)40-33-43(36-44(34-40)61-53-24-10-6-20-46(53)47-21-7-11-25-54(47)61)59(52-27-14-16-38-15-4-5-19-45(38)52)42-30-32-58-51(37-42)49-23-9-13-28-57(49)62-58/h1-12,14-27,29-37,49,57H,13,28H2. The third-order valence-electron chi connectivity index (χ3n) is 13.3. The van der Waals surface area contributed by atoms with Crippen molar-refractivity contribution < 1.29 is 0 Å². The highest BCUT2D eigenvalue weighted by molar-refractivity contribution is 8.00. The van der Waals surface area contributed by atoms with Gasteiger partial charge in [0.15, 0.2) is 0 Å². The Hall–Kier alpha value is -7.27. The molecule has 0 bridgehead atoms. The molecule has 0 fully saturated rings. The van der Waals surface area contributed by atoms with Crippen LogP contribution in [0.2, 0.25) is 0 Å². The average molecular weight is 812 g/mol. The zero-order valence-electron chi connectivity index (χ0n) is 34.0. The van der Waals surface area contributed by atoms with Gasteiger partial charge in [0.25, 0.3) is 0 Å². The minimum absolute atomic E-state index is 0.433. The second-order valence-corrected chi connectivity index (χ2v) is 18.1. The number of hydrogen-bond donors (Lipinski definition) is 0. The van der Waals surface area contributed by atoms with E-state index in [1.807, 2.05) is 0 Å². The van der Waals surface area contributed by atoms with Crippen LogP contribution in [0.4, 0.5) is 17.1 Å². The summed E-state index contributed by atoms with van der Waals surface area (Å²) in [7, 11) is 0. The van der Waals surface area contributed by atoms with E-state index in [1.165, 1.54) is 82.5 Å². The summed E-state index contributed by atoms with van der Waals surface area (Å²) in [4.78, 5) is 3.93. The number of aromatic nitrogens is 2. The van der Waals surface area contributed by atoms with Gasteiger partial charge in [0.05, 0.1) is 27.8 Å². The van der Waals surface area contributed by atoms with E-state index in [1.54, 1.807) is 0 Å². The number of hydrogen-bond acceptors (Lipinski definition) is 2. The number of benzene rings is 9. The third-order valence-corrected chi connectivity index (χ3v) is 14.7. The van der Waals surface area contributed by atoms with Crippen molar-refractivity contribution in [2.24, 2.45) is 0 Å². The van der Waals surface area contributed by atoms with Crippen molar-refractivity contribution in [3.05, 3.63) is 218 Å². The summed E-state index contributed by atoms with van der Waals surface area (Å²) in [5.74, 6) is 0.433. The Balaban J connectivity index is 1.10. The number of rotatable bonds is 6. The zero-order chi connectivity index (χ0) is 40.7. The van der Waals surface area contributed by atoms with Crippen molar-refractivity contribution in [3.63, 3.8) is 0 Å². The largest absolute Gasteiger partial charge is 0.310 e. The lowest BCUT2D eigenvalue weighted by molar-refractivity contribution is 0.683. The highest BCUT2D eigenvalue weighted by atomic mass is 32.2. The predicted octanol–water partition coefficient (Wildman–Crippen LogP) is 16.1. The Morgan fingerprint density at radius 3 is 1.87 bits per heavy atom. The highest BCUT2D eigenvalue weighted by Crippen LogP contribution is 2.52. The van der Waals surface area contributed by atoms with E-state index in [2.05, 4.69) is 238 Å². The molecule has 0 spiro atoms. The third kappa shape index (κ3) is 5.53.